The molecule has 0 aromatic carbocycles. The summed E-state index contributed by atoms with van der Waals surface area (Å²) >= 11 is 0. The maximum atomic E-state index is 10.2. The molecule has 0 bridgehead atoms. The van der Waals surface area contributed by atoms with Crippen molar-refractivity contribution in [1.82, 2.24) is 0 Å². The van der Waals surface area contributed by atoms with Gasteiger partial charge < -0.3 is 5.11 Å². The van der Waals surface area contributed by atoms with Crippen LogP contribution in [-0.2, 0) is 4.79 Å². The van der Waals surface area contributed by atoms with Gasteiger partial charge in [-0.15, -0.1) is 0 Å². The van der Waals surface area contributed by atoms with Crippen molar-refractivity contribution in [2.24, 2.45) is 0 Å². The minimum atomic E-state index is -0.835. The van der Waals surface area contributed by atoms with Crippen molar-refractivity contribution in [1.29, 1.82) is 0 Å². The Kier molecular flexibility index (Phi) is 20.6. The van der Waals surface area contributed by atoms with E-state index in [9.17, 15) is 4.79 Å². The van der Waals surface area contributed by atoms with Gasteiger partial charge in [-0.1, -0.05) is 77.2 Å². The summed E-state index contributed by atoms with van der Waals surface area (Å²) in [6.45, 7) is 2.26. The van der Waals surface area contributed by atoms with Crippen LogP contribution in [0.3, 0.4) is 0 Å². The molecule has 0 aliphatic heterocycles. The molecule has 0 aromatic heterocycles. The summed E-state index contributed by atoms with van der Waals surface area (Å²) < 4.78 is 0. The molecule has 0 unspecified atom stereocenters. The van der Waals surface area contributed by atoms with E-state index < -0.39 is 5.97 Å². The molecule has 0 fully saturated rings. The van der Waals surface area contributed by atoms with Gasteiger partial charge in [-0.25, -0.2) is 4.79 Å². The number of hydrogen-bond acceptors (Lipinski definition) is 1. The predicted molar refractivity (Wildman–Crippen MR) is 85.0 cm³/mol. The molecule has 0 aromatic rings. The van der Waals surface area contributed by atoms with Gasteiger partial charge in [0, 0.05) is 6.08 Å². The van der Waals surface area contributed by atoms with Crippen LogP contribution in [0.1, 0.15) is 84.0 Å². The van der Waals surface area contributed by atoms with E-state index in [0.29, 0.717) is 0 Å². The van der Waals surface area contributed by atoms with Gasteiger partial charge in [0.2, 0.25) is 0 Å². The van der Waals surface area contributed by atoms with Crippen LogP contribution in [-0.4, -0.2) is 40.6 Å². The molecule has 3 heteroatoms. The zero-order valence-electron chi connectivity index (χ0n) is 12.0. The summed E-state index contributed by atoms with van der Waals surface area (Å²) in [5, 5.41) is 8.40. The molecule has 0 radical (unpaired) electrons. The van der Waals surface area contributed by atoms with E-state index in [1.54, 1.807) is 6.08 Å². The molecule has 2 nitrogen and oxygen atoms in total. The minimum absolute atomic E-state index is 0. The summed E-state index contributed by atoms with van der Waals surface area (Å²) in [4.78, 5) is 10.2. The number of carboxylic acids is 1. The quantitative estimate of drug-likeness (QED) is 0.302. The fourth-order valence-electron chi connectivity index (χ4n) is 2.11. The van der Waals surface area contributed by atoms with E-state index in [1.807, 2.05) is 0 Å². The summed E-state index contributed by atoms with van der Waals surface area (Å²) in [6, 6.07) is 0. The van der Waals surface area contributed by atoms with Gasteiger partial charge in [-0.3, -0.25) is 0 Å². The molecule has 1 N–H and O–H groups in total. The molecule has 0 heterocycles. The molecule has 0 saturated carbocycles. The zero-order valence-corrected chi connectivity index (χ0v) is 12.0. The normalized spacial score (nSPS) is 10.6. The van der Waals surface area contributed by atoms with Crippen molar-refractivity contribution in [2.75, 3.05) is 0 Å². The maximum absolute atomic E-state index is 10.2. The Morgan fingerprint density at radius 1 is 0.842 bits per heavy atom. The van der Waals surface area contributed by atoms with Crippen LogP contribution < -0.4 is 0 Å². The number of aliphatic carboxylic acids is 1. The van der Waals surface area contributed by atoms with Crippen molar-refractivity contribution in [3.8, 4) is 0 Å². The molecule has 0 aliphatic carbocycles. The summed E-state index contributed by atoms with van der Waals surface area (Å²) in [6.07, 6.45) is 18.6. The van der Waals surface area contributed by atoms with Gasteiger partial charge in [-0.2, -0.15) is 0 Å². The predicted octanol–water partition coefficient (Wildman–Crippen LogP) is 4.68. The van der Waals surface area contributed by atoms with Crippen LogP contribution in [0.5, 0.6) is 0 Å². The van der Waals surface area contributed by atoms with Crippen LogP contribution in [0.2, 0.25) is 0 Å². The van der Waals surface area contributed by atoms with Crippen molar-refractivity contribution in [3.63, 3.8) is 0 Å². The summed E-state index contributed by atoms with van der Waals surface area (Å²) in [5.41, 5.74) is 0. The SMILES string of the molecule is CCCCCCCCCCCCCC=CC(=O)O.[NaH]. The molecule has 0 rings (SSSR count). The van der Waals surface area contributed by atoms with Crippen LogP contribution in [0.25, 0.3) is 0 Å². The van der Waals surface area contributed by atoms with E-state index in [0.717, 1.165) is 12.8 Å². The first-order chi connectivity index (χ1) is 8.77. The van der Waals surface area contributed by atoms with E-state index in [4.69, 9.17) is 5.11 Å². The number of carbonyl (C=O) groups is 1. The Hall–Kier alpha value is 0.210. The Morgan fingerprint density at radius 3 is 1.68 bits per heavy atom. The van der Waals surface area contributed by atoms with Crippen molar-refractivity contribution in [3.05, 3.63) is 12.2 Å². The molecule has 0 saturated heterocycles. The molecule has 19 heavy (non-hydrogen) atoms. The molecular formula is C16H31NaO2. The fourth-order valence-corrected chi connectivity index (χ4v) is 2.11. The second kappa shape index (κ2) is 18.2. The van der Waals surface area contributed by atoms with Crippen LogP contribution >= 0.6 is 0 Å². The van der Waals surface area contributed by atoms with Gasteiger partial charge in [-0.05, 0) is 12.8 Å². The van der Waals surface area contributed by atoms with E-state index >= 15 is 0 Å². The van der Waals surface area contributed by atoms with Gasteiger partial charge >= 0.3 is 35.5 Å². The zero-order chi connectivity index (χ0) is 13.5. The van der Waals surface area contributed by atoms with Crippen LogP contribution in [0.4, 0.5) is 0 Å². The Balaban J connectivity index is 0. The number of rotatable bonds is 13. The van der Waals surface area contributed by atoms with Crippen molar-refractivity contribution >= 4 is 35.5 Å². The van der Waals surface area contributed by atoms with E-state index in [1.165, 1.54) is 70.3 Å². The average Bonchev–Trinajstić information content (AvgIpc) is 2.34. The standard InChI is InChI=1S/C16H30O2.Na.H/c1-2-3-4-5-6-7-8-9-10-11-12-13-14-15-16(17)18;;/h14-15H,2-13H2,1H3,(H,17,18);;. The molecule has 0 amide bonds. The molecular weight excluding hydrogens is 247 g/mol. The van der Waals surface area contributed by atoms with Crippen LogP contribution in [0.15, 0.2) is 12.2 Å². The number of carboxylic acid groups (broad SMARTS) is 1. The Bertz CT molecular complexity index is 215. The number of allylic oxidation sites excluding steroid dienone is 1. The second-order valence-corrected chi connectivity index (χ2v) is 5.06. The van der Waals surface area contributed by atoms with Gasteiger partial charge in [0.05, 0.1) is 0 Å². The third-order valence-corrected chi connectivity index (χ3v) is 3.23. The van der Waals surface area contributed by atoms with Crippen LogP contribution in [0, 0.1) is 0 Å². The second-order valence-electron chi connectivity index (χ2n) is 5.06. The molecule has 108 valence electrons. The summed E-state index contributed by atoms with van der Waals surface area (Å²) in [5.74, 6) is -0.835. The molecule has 0 spiro atoms. The Morgan fingerprint density at radius 2 is 1.26 bits per heavy atom. The monoisotopic (exact) mass is 278 g/mol. The van der Waals surface area contributed by atoms with E-state index in [2.05, 4.69) is 6.92 Å². The number of unbranched alkanes of at least 4 members (excludes halogenated alkanes) is 11. The first-order valence-electron chi connectivity index (χ1n) is 7.67. The number of hydrogen-bond donors (Lipinski definition) is 1. The van der Waals surface area contributed by atoms with Crippen molar-refractivity contribution < 1.29 is 9.90 Å². The first-order valence-corrected chi connectivity index (χ1v) is 7.67. The van der Waals surface area contributed by atoms with Crippen molar-refractivity contribution in [2.45, 2.75) is 84.0 Å². The topological polar surface area (TPSA) is 37.3 Å². The van der Waals surface area contributed by atoms with Gasteiger partial charge in [0.15, 0.2) is 0 Å². The first kappa shape index (κ1) is 21.5. The van der Waals surface area contributed by atoms with E-state index in [-0.39, 0.29) is 29.6 Å². The van der Waals surface area contributed by atoms with Gasteiger partial charge in [0.25, 0.3) is 0 Å². The molecule has 0 atom stereocenters. The fraction of sp³-hybridized carbons (Fsp3) is 0.812. The molecule has 0 aliphatic rings. The summed E-state index contributed by atoms with van der Waals surface area (Å²) in [7, 11) is 0. The third-order valence-electron chi connectivity index (χ3n) is 3.23. The Labute approximate surface area is 141 Å². The van der Waals surface area contributed by atoms with Gasteiger partial charge in [0.1, 0.15) is 0 Å². The average molecular weight is 278 g/mol. The third kappa shape index (κ3) is 20.7.